The lowest BCUT2D eigenvalue weighted by Gasteiger charge is -2.36. The lowest BCUT2D eigenvalue weighted by Crippen LogP contribution is -2.48. The number of amides is 1. The zero-order valence-corrected chi connectivity index (χ0v) is 38.0. The number of alkyl halides is 3. The number of anilines is 1. The molecule has 0 aromatic heterocycles. The molecule has 2 heterocycles. The Kier molecular flexibility index (Phi) is 16.3. The fraction of sp³-hybridized carbons (Fsp3) is 0.340. The van der Waals surface area contributed by atoms with E-state index in [0.29, 0.717) is 62.1 Å². The van der Waals surface area contributed by atoms with E-state index in [4.69, 9.17) is 16.3 Å². The SMILES string of the molecule is O=C(NSC1C=C(S(=O)(=O)C(F)(F)F)C(N/C(=C/Sc2ccccc2)CCN2CCOCC2CO)=CC1)c1ccc(N2CCC([C@@H](O)c3ccccc3-c3ccc(Cl)cc3)CC2)cc1. The van der Waals surface area contributed by atoms with Crippen molar-refractivity contribution in [1.29, 1.82) is 0 Å². The van der Waals surface area contributed by atoms with Gasteiger partial charge in [-0.25, -0.2) is 8.42 Å². The first-order chi connectivity index (χ1) is 30.8. The van der Waals surface area contributed by atoms with Crippen molar-refractivity contribution in [3.8, 4) is 11.1 Å². The molecule has 0 spiro atoms. The molecule has 64 heavy (non-hydrogen) atoms. The van der Waals surface area contributed by atoms with Gasteiger partial charge in [-0.1, -0.05) is 84.0 Å². The number of sulfone groups is 1. The molecular formula is C47H50ClF3N4O6S3. The van der Waals surface area contributed by atoms with E-state index in [2.05, 4.69) is 14.9 Å². The van der Waals surface area contributed by atoms with Crippen LogP contribution < -0.4 is 14.9 Å². The van der Waals surface area contributed by atoms with Crippen LogP contribution in [0, 0.1) is 5.92 Å². The molecule has 1 aliphatic carbocycles. The maximum absolute atomic E-state index is 14.2. The van der Waals surface area contributed by atoms with Gasteiger partial charge in [0.05, 0.1) is 42.6 Å². The maximum atomic E-state index is 14.2. The number of hydrogen-bond donors (Lipinski definition) is 4. The summed E-state index contributed by atoms with van der Waals surface area (Å²) in [5.41, 5.74) is -1.20. The minimum atomic E-state index is -5.80. The van der Waals surface area contributed by atoms with E-state index >= 15 is 0 Å². The number of hydrogen-bond acceptors (Lipinski definition) is 11. The predicted octanol–water partition coefficient (Wildman–Crippen LogP) is 9.12. The number of allylic oxidation sites excluding steroid dienone is 1. The molecule has 340 valence electrons. The van der Waals surface area contributed by atoms with Gasteiger partial charge in [-0.3, -0.25) is 14.4 Å². The molecule has 17 heteroatoms. The van der Waals surface area contributed by atoms with Gasteiger partial charge in [-0.2, -0.15) is 13.2 Å². The lowest BCUT2D eigenvalue weighted by molar-refractivity contribution is -0.0426. The molecule has 0 bridgehead atoms. The number of morpholine rings is 1. The minimum absolute atomic E-state index is 0.0481. The van der Waals surface area contributed by atoms with Crippen molar-refractivity contribution in [1.82, 2.24) is 14.9 Å². The average molecular weight is 956 g/mol. The van der Waals surface area contributed by atoms with Gasteiger partial charge in [0.15, 0.2) is 0 Å². The highest BCUT2D eigenvalue weighted by Crippen LogP contribution is 2.39. The standard InChI is InChI=1S/C47H50ClF3N4O6S3/c48-35-14-10-32(11-15-35)41-8-4-5-9-42(41)45(57)33-20-23-54(24-21-33)37-16-12-34(13-17-37)46(58)53-63-40-18-19-43(44(28-40)64(59,60)47(49,50)51)52-36(31-62-39-6-2-1-3-7-39)22-25-55-26-27-61-30-38(55)29-56/h1-17,19,28,31,33,38,40,45,52,56-57H,18,20-27,29-30H2,(H,53,58)/b36-31+/t38?,40?,45-/m1/s1. The summed E-state index contributed by atoms with van der Waals surface area (Å²) in [6.07, 6.45) is 3.78. The van der Waals surface area contributed by atoms with Crippen LogP contribution in [0.15, 0.2) is 142 Å². The number of benzene rings is 4. The highest BCUT2D eigenvalue weighted by Gasteiger charge is 2.50. The Balaban J connectivity index is 0.974. The van der Waals surface area contributed by atoms with Crippen LogP contribution >= 0.6 is 35.3 Å². The van der Waals surface area contributed by atoms with E-state index < -0.39 is 37.5 Å². The molecule has 2 aliphatic heterocycles. The van der Waals surface area contributed by atoms with Gasteiger partial charge in [0, 0.05) is 64.7 Å². The summed E-state index contributed by atoms with van der Waals surface area (Å²) in [5, 5.41) is 26.0. The van der Waals surface area contributed by atoms with Gasteiger partial charge in [0.25, 0.3) is 15.7 Å². The van der Waals surface area contributed by atoms with Crippen molar-refractivity contribution in [2.45, 2.75) is 53.5 Å². The summed E-state index contributed by atoms with van der Waals surface area (Å²) in [4.78, 5) is 17.5. The molecule has 2 fully saturated rings. The van der Waals surface area contributed by atoms with Gasteiger partial charge in [0.2, 0.25) is 0 Å². The molecule has 0 radical (unpaired) electrons. The van der Waals surface area contributed by atoms with Crippen LogP contribution in [0.2, 0.25) is 5.02 Å². The second-order valence-corrected chi connectivity index (χ2v) is 20.1. The zero-order valence-electron chi connectivity index (χ0n) is 34.8. The van der Waals surface area contributed by atoms with Crippen molar-refractivity contribution in [2.75, 3.05) is 50.9 Å². The number of aliphatic hydroxyl groups is 2. The highest BCUT2D eigenvalue weighted by atomic mass is 35.5. The molecule has 0 saturated carbocycles. The van der Waals surface area contributed by atoms with Crippen molar-refractivity contribution < 1.29 is 41.3 Å². The number of halogens is 4. The second kappa shape index (κ2) is 21.8. The van der Waals surface area contributed by atoms with Gasteiger partial charge in [0.1, 0.15) is 0 Å². The maximum Gasteiger partial charge on any atom is 0.501 e. The molecule has 3 atom stereocenters. The molecular weight excluding hydrogens is 905 g/mol. The quantitative estimate of drug-likeness (QED) is 0.0634. The van der Waals surface area contributed by atoms with Crippen LogP contribution in [0.1, 0.15) is 47.7 Å². The number of nitrogens with zero attached hydrogens (tertiary/aromatic N) is 2. The van der Waals surface area contributed by atoms with E-state index in [1.54, 1.807) is 17.5 Å². The topological polar surface area (TPSA) is 131 Å². The number of ether oxygens (including phenoxy) is 1. The van der Waals surface area contributed by atoms with E-state index in [-0.39, 0.29) is 30.7 Å². The van der Waals surface area contributed by atoms with Crippen molar-refractivity contribution >= 4 is 56.7 Å². The Labute approximate surface area is 385 Å². The summed E-state index contributed by atoms with van der Waals surface area (Å²) in [5.74, 6) is -0.432. The Hall–Kier alpha value is -4.26. The Morgan fingerprint density at radius 2 is 1.66 bits per heavy atom. The third kappa shape index (κ3) is 11.9. The monoisotopic (exact) mass is 954 g/mol. The number of piperidine rings is 1. The predicted molar refractivity (Wildman–Crippen MR) is 249 cm³/mol. The van der Waals surface area contributed by atoms with Gasteiger partial charge < -0.3 is 25.2 Å². The molecule has 1 amide bonds. The van der Waals surface area contributed by atoms with E-state index in [1.165, 1.54) is 17.8 Å². The molecule has 3 aliphatic rings. The van der Waals surface area contributed by atoms with Gasteiger partial charge in [-0.15, -0.1) is 0 Å². The van der Waals surface area contributed by atoms with Crippen LogP contribution in [-0.4, -0.2) is 92.2 Å². The molecule has 7 rings (SSSR count). The van der Waals surface area contributed by atoms with Crippen LogP contribution in [0.5, 0.6) is 0 Å². The van der Waals surface area contributed by atoms with Crippen molar-refractivity contribution in [2.24, 2.45) is 5.92 Å². The Morgan fingerprint density at radius 3 is 2.36 bits per heavy atom. The Bertz CT molecular complexity index is 2410. The number of carbonyl (C=O) groups is 1. The normalized spacial score (nSPS) is 19.7. The fourth-order valence-corrected chi connectivity index (χ4v) is 10.8. The first kappa shape index (κ1) is 47.7. The average Bonchev–Trinajstić information content (AvgIpc) is 3.32. The summed E-state index contributed by atoms with van der Waals surface area (Å²) in [7, 11) is -5.80. The van der Waals surface area contributed by atoms with Crippen LogP contribution in [0.4, 0.5) is 18.9 Å². The number of rotatable bonds is 16. The first-order valence-electron chi connectivity index (χ1n) is 21.0. The fourth-order valence-electron chi connectivity index (χ4n) is 7.98. The molecule has 4 N–H and O–H groups in total. The van der Waals surface area contributed by atoms with Crippen molar-refractivity contribution in [3.05, 3.63) is 153 Å². The van der Waals surface area contributed by atoms with Gasteiger partial charge in [-0.05, 0) is 114 Å². The molecule has 4 aromatic rings. The molecule has 2 unspecified atom stereocenters. The summed E-state index contributed by atoms with van der Waals surface area (Å²) in [6, 6.07) is 31.6. The zero-order chi connectivity index (χ0) is 45.3. The minimum Gasteiger partial charge on any atom is -0.395 e. The van der Waals surface area contributed by atoms with Crippen molar-refractivity contribution in [3.63, 3.8) is 0 Å². The second-order valence-electron chi connectivity index (χ2n) is 15.7. The summed E-state index contributed by atoms with van der Waals surface area (Å²) < 4.78 is 76.8. The first-order valence-corrected chi connectivity index (χ1v) is 24.6. The van der Waals surface area contributed by atoms with Crippen LogP contribution in [0.25, 0.3) is 11.1 Å². The smallest absolute Gasteiger partial charge is 0.395 e. The highest BCUT2D eigenvalue weighted by molar-refractivity contribution is 8.02. The molecule has 4 aromatic carbocycles. The largest absolute Gasteiger partial charge is 0.501 e. The third-order valence-corrected chi connectivity index (χ3v) is 15.3. The third-order valence-electron chi connectivity index (χ3n) is 11.6. The Morgan fingerprint density at radius 1 is 0.953 bits per heavy atom. The lowest BCUT2D eigenvalue weighted by atomic mass is 9.84. The number of carbonyl (C=O) groups excluding carboxylic acids is 1. The number of nitrogens with one attached hydrogen (secondary N) is 2. The van der Waals surface area contributed by atoms with Gasteiger partial charge >= 0.3 is 5.51 Å². The van der Waals surface area contributed by atoms with E-state index in [0.717, 1.165) is 58.1 Å². The van der Waals surface area contributed by atoms with Crippen LogP contribution in [-0.2, 0) is 14.6 Å². The molecule has 2 saturated heterocycles. The summed E-state index contributed by atoms with van der Waals surface area (Å²) in [6.45, 7) is 3.11. The number of thioether (sulfide) groups is 1. The number of aliphatic hydroxyl groups excluding tert-OH is 2. The molecule has 10 nitrogen and oxygen atoms in total. The van der Waals surface area contributed by atoms with Crippen LogP contribution in [0.3, 0.4) is 0 Å². The van der Waals surface area contributed by atoms with E-state index in [1.807, 2.05) is 95.9 Å². The van der Waals surface area contributed by atoms with E-state index in [9.17, 15) is 36.6 Å². The summed E-state index contributed by atoms with van der Waals surface area (Å²) >= 11 is 8.30.